The van der Waals surface area contributed by atoms with Gasteiger partial charge >= 0.3 is 5.76 Å². The SMILES string of the molecule is CC(C)N1CC23C=CC(O2)C(C(=O)N2CCC(n4c(=O)oc5ccccc54)CC2)C3C1=O. The van der Waals surface area contributed by atoms with Crippen molar-refractivity contribution in [2.45, 2.75) is 50.5 Å². The molecule has 1 aromatic carbocycles. The summed E-state index contributed by atoms with van der Waals surface area (Å²) in [4.78, 5) is 42.9. The predicted octanol–water partition coefficient (Wildman–Crippen LogP) is 1.95. The molecule has 2 bridgehead atoms. The summed E-state index contributed by atoms with van der Waals surface area (Å²) in [6.45, 7) is 5.60. The van der Waals surface area contributed by atoms with E-state index in [9.17, 15) is 14.4 Å². The number of amides is 2. The zero-order valence-corrected chi connectivity index (χ0v) is 18.3. The minimum Gasteiger partial charge on any atom is -0.408 e. The molecule has 3 saturated heterocycles. The first-order chi connectivity index (χ1) is 15.4. The molecule has 4 aliphatic rings. The molecule has 8 nitrogen and oxygen atoms in total. The number of para-hydroxylation sites is 2. The third-order valence-corrected chi connectivity index (χ3v) is 7.70. The van der Waals surface area contributed by atoms with Crippen LogP contribution >= 0.6 is 0 Å². The number of benzene rings is 1. The first-order valence-electron chi connectivity index (χ1n) is 11.5. The van der Waals surface area contributed by atoms with Gasteiger partial charge in [0.05, 0.1) is 30.0 Å². The van der Waals surface area contributed by atoms with E-state index in [1.807, 2.05) is 54.0 Å². The Morgan fingerprint density at radius 2 is 1.91 bits per heavy atom. The van der Waals surface area contributed by atoms with Crippen molar-refractivity contribution in [2.75, 3.05) is 19.6 Å². The standard InChI is InChI=1S/C24H27N3O5/c1-14(2)26-13-24-10-7-18(32-24)19(20(24)22(26)29)21(28)25-11-8-15(9-12-25)27-16-5-3-4-6-17(16)31-23(27)30/h3-7,10,14-15,18-20H,8-9,11-13H2,1-2H3. The van der Waals surface area contributed by atoms with E-state index in [1.54, 1.807) is 10.6 Å². The van der Waals surface area contributed by atoms with Crippen LogP contribution in [0.3, 0.4) is 0 Å². The highest BCUT2D eigenvalue weighted by molar-refractivity contribution is 5.93. The highest BCUT2D eigenvalue weighted by Crippen LogP contribution is 2.52. The second kappa shape index (κ2) is 6.81. The molecule has 168 valence electrons. The molecule has 4 unspecified atom stereocenters. The van der Waals surface area contributed by atoms with Crippen molar-refractivity contribution >= 4 is 22.9 Å². The first-order valence-corrected chi connectivity index (χ1v) is 11.5. The van der Waals surface area contributed by atoms with Crippen LogP contribution in [0.1, 0.15) is 32.7 Å². The van der Waals surface area contributed by atoms with Crippen LogP contribution in [0.25, 0.3) is 11.1 Å². The molecule has 5 heterocycles. The zero-order valence-electron chi connectivity index (χ0n) is 18.3. The third-order valence-electron chi connectivity index (χ3n) is 7.70. The van der Waals surface area contributed by atoms with Gasteiger partial charge in [-0.1, -0.05) is 24.3 Å². The number of nitrogens with zero attached hydrogens (tertiary/aromatic N) is 3. The summed E-state index contributed by atoms with van der Waals surface area (Å²) in [6, 6.07) is 7.49. The Bertz CT molecular complexity index is 1190. The minimum absolute atomic E-state index is 0.00645. The lowest BCUT2D eigenvalue weighted by Crippen LogP contribution is -2.49. The molecule has 2 aromatic rings. The summed E-state index contributed by atoms with van der Waals surface area (Å²) in [5, 5.41) is 0. The largest absolute Gasteiger partial charge is 0.420 e. The Hall–Kier alpha value is -2.87. The molecule has 0 N–H and O–H groups in total. The number of fused-ring (bicyclic) bond motifs is 2. The fourth-order valence-electron chi connectivity index (χ4n) is 6.13. The summed E-state index contributed by atoms with van der Waals surface area (Å²) >= 11 is 0. The van der Waals surface area contributed by atoms with E-state index < -0.39 is 17.4 Å². The summed E-state index contributed by atoms with van der Waals surface area (Å²) in [5.74, 6) is -1.24. The maximum atomic E-state index is 13.6. The molecule has 4 aliphatic heterocycles. The van der Waals surface area contributed by atoms with E-state index in [4.69, 9.17) is 9.15 Å². The molecule has 0 radical (unpaired) electrons. The molecule has 6 rings (SSSR count). The second-order valence-corrected chi connectivity index (χ2v) is 9.72. The smallest absolute Gasteiger partial charge is 0.408 e. The van der Waals surface area contributed by atoms with Crippen LogP contribution < -0.4 is 5.76 Å². The van der Waals surface area contributed by atoms with E-state index in [-0.39, 0.29) is 35.8 Å². The number of piperidine rings is 1. The van der Waals surface area contributed by atoms with Crippen molar-refractivity contribution in [1.82, 2.24) is 14.4 Å². The number of hydrogen-bond acceptors (Lipinski definition) is 5. The Balaban J connectivity index is 1.21. The van der Waals surface area contributed by atoms with Crippen molar-refractivity contribution < 1.29 is 18.7 Å². The van der Waals surface area contributed by atoms with Gasteiger partial charge in [0.1, 0.15) is 5.60 Å². The Kier molecular flexibility index (Phi) is 4.21. The quantitative estimate of drug-likeness (QED) is 0.686. The number of rotatable bonds is 3. The number of oxazole rings is 1. The summed E-state index contributed by atoms with van der Waals surface area (Å²) < 4.78 is 13.3. The predicted molar refractivity (Wildman–Crippen MR) is 116 cm³/mol. The Morgan fingerprint density at radius 3 is 2.66 bits per heavy atom. The van der Waals surface area contributed by atoms with E-state index in [2.05, 4.69) is 0 Å². The van der Waals surface area contributed by atoms with Gasteiger partial charge in [-0.05, 0) is 38.8 Å². The third kappa shape index (κ3) is 2.62. The van der Waals surface area contributed by atoms with Gasteiger partial charge in [-0.3, -0.25) is 14.2 Å². The lowest BCUT2D eigenvalue weighted by molar-refractivity contribution is -0.144. The maximum Gasteiger partial charge on any atom is 0.420 e. The van der Waals surface area contributed by atoms with Crippen molar-refractivity contribution in [1.29, 1.82) is 0 Å². The van der Waals surface area contributed by atoms with Gasteiger partial charge in [0, 0.05) is 25.2 Å². The van der Waals surface area contributed by atoms with Crippen molar-refractivity contribution in [3.05, 3.63) is 47.0 Å². The number of likely N-dealkylation sites (tertiary alicyclic amines) is 2. The molecule has 8 heteroatoms. The van der Waals surface area contributed by atoms with Crippen LogP contribution in [0.2, 0.25) is 0 Å². The number of ether oxygens (including phenoxy) is 1. The van der Waals surface area contributed by atoms with Crippen molar-refractivity contribution in [2.24, 2.45) is 11.8 Å². The lowest BCUT2D eigenvalue weighted by atomic mass is 9.76. The molecule has 0 saturated carbocycles. The van der Waals surface area contributed by atoms with Crippen LogP contribution in [0.15, 0.2) is 45.6 Å². The van der Waals surface area contributed by atoms with Crippen LogP contribution in [-0.4, -0.2) is 63.6 Å². The van der Waals surface area contributed by atoms with Gasteiger partial charge in [0.2, 0.25) is 11.8 Å². The normalized spacial score (nSPS) is 32.0. The van der Waals surface area contributed by atoms with Crippen LogP contribution in [0, 0.1) is 11.8 Å². The van der Waals surface area contributed by atoms with E-state index in [0.717, 1.165) is 5.52 Å². The Labute approximate surface area is 185 Å². The molecular formula is C24H27N3O5. The fraction of sp³-hybridized carbons (Fsp3) is 0.542. The van der Waals surface area contributed by atoms with Crippen LogP contribution in [0.4, 0.5) is 0 Å². The second-order valence-electron chi connectivity index (χ2n) is 9.72. The van der Waals surface area contributed by atoms with E-state index in [0.29, 0.717) is 38.1 Å². The topological polar surface area (TPSA) is 85.0 Å². The average molecular weight is 437 g/mol. The van der Waals surface area contributed by atoms with Crippen LogP contribution in [0.5, 0.6) is 0 Å². The van der Waals surface area contributed by atoms with Gasteiger partial charge in [-0.25, -0.2) is 4.79 Å². The van der Waals surface area contributed by atoms with Crippen LogP contribution in [-0.2, 0) is 14.3 Å². The number of aromatic nitrogens is 1. The lowest BCUT2D eigenvalue weighted by Gasteiger charge is -2.35. The number of hydrogen-bond donors (Lipinski definition) is 0. The summed E-state index contributed by atoms with van der Waals surface area (Å²) in [6.07, 6.45) is 4.97. The van der Waals surface area contributed by atoms with E-state index >= 15 is 0 Å². The molecule has 3 fully saturated rings. The highest BCUT2D eigenvalue weighted by Gasteiger charge is 2.67. The average Bonchev–Trinajstić information content (AvgIpc) is 3.51. The summed E-state index contributed by atoms with van der Waals surface area (Å²) in [5.41, 5.74) is 0.719. The minimum atomic E-state index is -0.659. The van der Waals surface area contributed by atoms with E-state index in [1.165, 1.54) is 0 Å². The molecule has 32 heavy (non-hydrogen) atoms. The molecule has 2 amide bonds. The van der Waals surface area contributed by atoms with Crippen molar-refractivity contribution in [3.8, 4) is 0 Å². The van der Waals surface area contributed by atoms with Gasteiger partial charge in [0.25, 0.3) is 0 Å². The number of carbonyl (C=O) groups is 2. The molecule has 0 aliphatic carbocycles. The maximum absolute atomic E-state index is 13.6. The van der Waals surface area contributed by atoms with Gasteiger partial charge in [-0.15, -0.1) is 0 Å². The first kappa shape index (κ1) is 19.8. The molecule has 1 spiro atoms. The molecule has 4 atom stereocenters. The molecular weight excluding hydrogens is 410 g/mol. The van der Waals surface area contributed by atoms with Gasteiger partial charge < -0.3 is 19.0 Å². The van der Waals surface area contributed by atoms with Crippen molar-refractivity contribution in [3.63, 3.8) is 0 Å². The highest BCUT2D eigenvalue weighted by atomic mass is 16.5. The fourth-order valence-corrected chi connectivity index (χ4v) is 6.13. The van der Waals surface area contributed by atoms with Gasteiger partial charge in [0.15, 0.2) is 5.58 Å². The Morgan fingerprint density at radius 1 is 1.16 bits per heavy atom. The van der Waals surface area contributed by atoms with Gasteiger partial charge in [-0.2, -0.15) is 0 Å². The zero-order chi connectivity index (χ0) is 22.2. The number of carbonyl (C=O) groups excluding carboxylic acids is 2. The molecule has 1 aromatic heterocycles. The monoisotopic (exact) mass is 437 g/mol. The summed E-state index contributed by atoms with van der Waals surface area (Å²) in [7, 11) is 0.